The Morgan fingerprint density at radius 2 is 2.22 bits per heavy atom. The maximum Gasteiger partial charge on any atom is 0.234 e. The molecular formula is C13H23N3O2. The molecule has 0 saturated carbocycles. The Bertz CT molecular complexity index is 280. The fourth-order valence-corrected chi connectivity index (χ4v) is 1.98. The molecule has 0 aromatic carbocycles. The highest BCUT2D eigenvalue weighted by molar-refractivity contribution is 5.78. The number of carbonyl (C=O) groups excluding carboxylic acids is 1. The summed E-state index contributed by atoms with van der Waals surface area (Å²) in [7, 11) is 0. The van der Waals surface area contributed by atoms with Gasteiger partial charge in [-0.3, -0.25) is 9.69 Å². The lowest BCUT2D eigenvalue weighted by atomic mass is 10.1. The minimum Gasteiger partial charge on any atom is -0.378 e. The van der Waals surface area contributed by atoms with E-state index < -0.39 is 0 Å². The average molecular weight is 253 g/mol. The van der Waals surface area contributed by atoms with Crippen LogP contribution in [0.15, 0.2) is 0 Å². The van der Waals surface area contributed by atoms with Crippen LogP contribution in [0.25, 0.3) is 0 Å². The number of amides is 1. The number of nitrogens with one attached hydrogen (secondary N) is 1. The van der Waals surface area contributed by atoms with Gasteiger partial charge in [0.2, 0.25) is 5.91 Å². The normalized spacial score (nSPS) is 17.3. The van der Waals surface area contributed by atoms with Crippen LogP contribution in [0.1, 0.15) is 19.3 Å². The van der Waals surface area contributed by atoms with Gasteiger partial charge >= 0.3 is 0 Å². The first-order valence-corrected chi connectivity index (χ1v) is 6.50. The molecule has 102 valence electrons. The van der Waals surface area contributed by atoms with E-state index in [1.54, 1.807) is 0 Å². The molecule has 18 heavy (non-hydrogen) atoms. The molecule has 1 fully saturated rings. The Morgan fingerprint density at radius 3 is 2.83 bits per heavy atom. The summed E-state index contributed by atoms with van der Waals surface area (Å²) < 4.78 is 5.71. The Balaban J connectivity index is 2.11. The molecular weight excluding hydrogens is 230 g/mol. The summed E-state index contributed by atoms with van der Waals surface area (Å²) in [6.45, 7) is 3.94. The van der Waals surface area contributed by atoms with Gasteiger partial charge in [0.25, 0.3) is 0 Å². The highest BCUT2D eigenvalue weighted by atomic mass is 16.5. The Labute approximate surface area is 109 Å². The average Bonchev–Trinajstić information content (AvgIpc) is 2.39. The molecule has 1 aliphatic heterocycles. The number of nitrogens with two attached hydrogens (primary N) is 1. The van der Waals surface area contributed by atoms with E-state index in [0.717, 1.165) is 39.0 Å². The van der Waals surface area contributed by atoms with Crippen molar-refractivity contribution < 1.29 is 9.53 Å². The molecule has 0 spiro atoms. The number of carbonyl (C=O) groups is 1. The van der Waals surface area contributed by atoms with Crippen molar-refractivity contribution in [2.45, 2.75) is 25.4 Å². The van der Waals surface area contributed by atoms with Gasteiger partial charge in [0.1, 0.15) is 0 Å². The lowest BCUT2D eigenvalue weighted by Gasteiger charge is -2.31. The summed E-state index contributed by atoms with van der Waals surface area (Å²) in [6.07, 6.45) is 8.27. The zero-order valence-electron chi connectivity index (χ0n) is 10.9. The molecule has 1 amide bonds. The molecule has 1 heterocycles. The number of hydrogen-bond donors (Lipinski definition) is 2. The van der Waals surface area contributed by atoms with Crippen molar-refractivity contribution in [3.63, 3.8) is 0 Å². The summed E-state index contributed by atoms with van der Waals surface area (Å²) >= 11 is 0. The van der Waals surface area contributed by atoms with Crippen molar-refractivity contribution in [3.05, 3.63) is 0 Å². The third kappa shape index (κ3) is 6.01. The fourth-order valence-electron chi connectivity index (χ4n) is 1.98. The maximum atomic E-state index is 11.5. The third-order valence-corrected chi connectivity index (χ3v) is 2.99. The monoisotopic (exact) mass is 253 g/mol. The zero-order valence-corrected chi connectivity index (χ0v) is 10.9. The summed E-state index contributed by atoms with van der Waals surface area (Å²) in [5.41, 5.74) is 5.41. The van der Waals surface area contributed by atoms with Crippen molar-refractivity contribution in [1.82, 2.24) is 10.2 Å². The van der Waals surface area contributed by atoms with Crippen LogP contribution in [-0.4, -0.2) is 56.2 Å². The van der Waals surface area contributed by atoms with Crippen molar-refractivity contribution in [1.29, 1.82) is 0 Å². The van der Waals surface area contributed by atoms with E-state index in [0.29, 0.717) is 25.7 Å². The molecule has 1 aliphatic rings. The van der Waals surface area contributed by atoms with Gasteiger partial charge in [0, 0.05) is 19.7 Å². The Kier molecular flexibility index (Phi) is 7.42. The Morgan fingerprint density at radius 1 is 1.50 bits per heavy atom. The van der Waals surface area contributed by atoms with Crippen LogP contribution in [0.2, 0.25) is 0 Å². The first-order valence-electron chi connectivity index (χ1n) is 6.50. The van der Waals surface area contributed by atoms with E-state index in [1.807, 2.05) is 0 Å². The number of terminal acetylenes is 1. The molecule has 0 bridgehead atoms. The number of ether oxygens (including phenoxy) is 1. The van der Waals surface area contributed by atoms with E-state index in [9.17, 15) is 4.79 Å². The first kappa shape index (κ1) is 15.0. The molecule has 0 unspecified atom stereocenters. The minimum absolute atomic E-state index is 0.00421. The van der Waals surface area contributed by atoms with Crippen molar-refractivity contribution in [2.24, 2.45) is 5.73 Å². The molecule has 0 atom stereocenters. The highest BCUT2D eigenvalue weighted by Crippen LogP contribution is 2.13. The lowest BCUT2D eigenvalue weighted by Crippen LogP contribution is -2.43. The third-order valence-electron chi connectivity index (χ3n) is 2.99. The smallest absolute Gasteiger partial charge is 0.234 e. The standard InChI is InChI=1S/C13H23N3O2/c1-2-7-15-13(17)11-16-8-4-12(5-9-16)18-10-3-6-14/h1,12H,3-11,14H2,(H,15,17). The summed E-state index contributed by atoms with van der Waals surface area (Å²) in [4.78, 5) is 13.6. The van der Waals surface area contributed by atoms with Crippen LogP contribution in [-0.2, 0) is 9.53 Å². The van der Waals surface area contributed by atoms with Gasteiger partial charge in [0.15, 0.2) is 0 Å². The van der Waals surface area contributed by atoms with Gasteiger partial charge in [-0.25, -0.2) is 0 Å². The second-order valence-electron chi connectivity index (χ2n) is 4.47. The minimum atomic E-state index is -0.00421. The Hall–Kier alpha value is -1.09. The molecule has 1 saturated heterocycles. The highest BCUT2D eigenvalue weighted by Gasteiger charge is 2.20. The number of piperidine rings is 1. The predicted octanol–water partition coefficient (Wildman–Crippen LogP) is -0.434. The van der Waals surface area contributed by atoms with Crippen LogP contribution in [0.4, 0.5) is 0 Å². The van der Waals surface area contributed by atoms with Crippen LogP contribution in [0.3, 0.4) is 0 Å². The second kappa shape index (κ2) is 8.92. The number of nitrogens with zero attached hydrogens (tertiary/aromatic N) is 1. The van der Waals surface area contributed by atoms with E-state index in [-0.39, 0.29) is 5.91 Å². The molecule has 3 N–H and O–H groups in total. The largest absolute Gasteiger partial charge is 0.378 e. The van der Waals surface area contributed by atoms with Gasteiger partial charge in [-0.2, -0.15) is 0 Å². The molecule has 0 radical (unpaired) electrons. The first-order chi connectivity index (χ1) is 8.76. The SMILES string of the molecule is C#CCNC(=O)CN1CCC(OCCCN)CC1. The molecule has 0 aromatic rings. The molecule has 1 rings (SSSR count). The van der Waals surface area contributed by atoms with Gasteiger partial charge in [-0.15, -0.1) is 6.42 Å². The topological polar surface area (TPSA) is 67.6 Å². The predicted molar refractivity (Wildman–Crippen MR) is 70.9 cm³/mol. The van der Waals surface area contributed by atoms with E-state index in [4.69, 9.17) is 16.9 Å². The fraction of sp³-hybridized carbons (Fsp3) is 0.769. The zero-order chi connectivity index (χ0) is 13.2. The number of hydrogen-bond acceptors (Lipinski definition) is 4. The van der Waals surface area contributed by atoms with Crippen molar-refractivity contribution in [2.75, 3.05) is 39.3 Å². The van der Waals surface area contributed by atoms with E-state index in [1.165, 1.54) is 0 Å². The van der Waals surface area contributed by atoms with E-state index in [2.05, 4.69) is 16.1 Å². The van der Waals surface area contributed by atoms with Gasteiger partial charge in [0.05, 0.1) is 19.2 Å². The van der Waals surface area contributed by atoms with Crippen molar-refractivity contribution >= 4 is 5.91 Å². The van der Waals surface area contributed by atoms with Crippen LogP contribution in [0, 0.1) is 12.3 Å². The quantitative estimate of drug-likeness (QED) is 0.477. The second-order valence-corrected chi connectivity index (χ2v) is 4.47. The van der Waals surface area contributed by atoms with Crippen LogP contribution in [0.5, 0.6) is 0 Å². The summed E-state index contributed by atoms with van der Waals surface area (Å²) in [6, 6.07) is 0. The molecule has 0 aliphatic carbocycles. The van der Waals surface area contributed by atoms with Crippen LogP contribution >= 0.6 is 0 Å². The van der Waals surface area contributed by atoms with Gasteiger partial charge in [-0.1, -0.05) is 5.92 Å². The number of likely N-dealkylation sites (tertiary alicyclic amines) is 1. The summed E-state index contributed by atoms with van der Waals surface area (Å²) in [5.74, 6) is 2.39. The molecule has 5 heteroatoms. The maximum absolute atomic E-state index is 11.5. The van der Waals surface area contributed by atoms with Gasteiger partial charge in [-0.05, 0) is 25.8 Å². The lowest BCUT2D eigenvalue weighted by molar-refractivity contribution is -0.122. The van der Waals surface area contributed by atoms with E-state index >= 15 is 0 Å². The van der Waals surface area contributed by atoms with Gasteiger partial charge < -0.3 is 15.8 Å². The molecule has 5 nitrogen and oxygen atoms in total. The van der Waals surface area contributed by atoms with Crippen molar-refractivity contribution in [3.8, 4) is 12.3 Å². The molecule has 0 aromatic heterocycles. The summed E-state index contributed by atoms with van der Waals surface area (Å²) in [5, 5.41) is 2.67. The number of rotatable bonds is 7. The van der Waals surface area contributed by atoms with Crippen LogP contribution < -0.4 is 11.1 Å².